The second kappa shape index (κ2) is 5.50. The van der Waals surface area contributed by atoms with Crippen molar-refractivity contribution in [3.63, 3.8) is 0 Å². The number of amides is 1. The lowest BCUT2D eigenvalue weighted by molar-refractivity contribution is -0.133. The highest BCUT2D eigenvalue weighted by Crippen LogP contribution is 2.38. The molecule has 1 N–H and O–H groups in total. The van der Waals surface area contributed by atoms with Gasteiger partial charge in [-0.3, -0.25) is 4.79 Å². The highest BCUT2D eigenvalue weighted by molar-refractivity contribution is 5.82. The normalized spacial score (nSPS) is 30.9. The maximum absolute atomic E-state index is 12.4. The summed E-state index contributed by atoms with van der Waals surface area (Å²) >= 11 is 0. The smallest absolute Gasteiger partial charge is 0.240 e. The number of likely N-dealkylation sites (N-methyl/N-ethyl adjacent to an activating group) is 1. The van der Waals surface area contributed by atoms with E-state index in [9.17, 15) is 4.79 Å². The lowest BCUT2D eigenvalue weighted by Gasteiger charge is -2.26. The van der Waals surface area contributed by atoms with E-state index in [1.54, 1.807) is 0 Å². The minimum Gasteiger partial charge on any atom is -0.341 e. The van der Waals surface area contributed by atoms with Crippen LogP contribution in [0, 0.1) is 23.2 Å². The number of carbonyl (C=O) groups excluding carboxylic acids is 1. The zero-order valence-corrected chi connectivity index (χ0v) is 10.5. The van der Waals surface area contributed by atoms with Crippen molar-refractivity contribution in [2.24, 2.45) is 11.8 Å². The molecule has 17 heavy (non-hydrogen) atoms. The van der Waals surface area contributed by atoms with Crippen LogP contribution in [-0.4, -0.2) is 36.5 Å². The summed E-state index contributed by atoms with van der Waals surface area (Å²) in [7, 11) is 0. The molecule has 4 nitrogen and oxygen atoms in total. The summed E-state index contributed by atoms with van der Waals surface area (Å²) < 4.78 is 0. The highest BCUT2D eigenvalue weighted by Gasteiger charge is 2.43. The van der Waals surface area contributed by atoms with Crippen LogP contribution in [0.3, 0.4) is 0 Å². The Morgan fingerprint density at radius 3 is 3.06 bits per heavy atom. The molecule has 0 aromatic rings. The zero-order chi connectivity index (χ0) is 12.3. The molecule has 1 saturated heterocycles. The van der Waals surface area contributed by atoms with E-state index in [1.807, 2.05) is 11.8 Å². The lowest BCUT2D eigenvalue weighted by atomic mass is 9.93. The minimum absolute atomic E-state index is 0.0149. The Labute approximate surface area is 103 Å². The van der Waals surface area contributed by atoms with Gasteiger partial charge in [0.2, 0.25) is 5.91 Å². The van der Waals surface area contributed by atoms with Gasteiger partial charge in [0.1, 0.15) is 0 Å². The van der Waals surface area contributed by atoms with E-state index in [1.165, 1.54) is 19.3 Å². The van der Waals surface area contributed by atoms with Crippen molar-refractivity contribution < 1.29 is 4.79 Å². The van der Waals surface area contributed by atoms with E-state index < -0.39 is 0 Å². The van der Waals surface area contributed by atoms with E-state index in [-0.39, 0.29) is 11.9 Å². The van der Waals surface area contributed by atoms with Crippen molar-refractivity contribution in [3.05, 3.63) is 0 Å². The second-order valence-electron chi connectivity index (χ2n) is 5.07. The second-order valence-corrected chi connectivity index (χ2v) is 5.07. The van der Waals surface area contributed by atoms with Gasteiger partial charge < -0.3 is 10.2 Å². The predicted molar refractivity (Wildman–Crippen MR) is 65.1 cm³/mol. The fraction of sp³-hybridized carbons (Fsp3) is 0.846. The molecule has 1 aliphatic carbocycles. The number of nitrogens with one attached hydrogen (secondary N) is 1. The Morgan fingerprint density at radius 1 is 1.53 bits per heavy atom. The van der Waals surface area contributed by atoms with Gasteiger partial charge >= 0.3 is 0 Å². The average Bonchev–Trinajstić information content (AvgIpc) is 2.91. The van der Waals surface area contributed by atoms with Gasteiger partial charge in [0, 0.05) is 13.1 Å². The lowest BCUT2D eigenvalue weighted by Crippen LogP contribution is -2.46. The topological polar surface area (TPSA) is 56.1 Å². The van der Waals surface area contributed by atoms with Crippen LogP contribution in [0.5, 0.6) is 0 Å². The van der Waals surface area contributed by atoms with Crippen molar-refractivity contribution in [1.29, 1.82) is 5.26 Å². The molecule has 0 bridgehead atoms. The Kier molecular flexibility index (Phi) is 4.01. The Bertz CT molecular complexity index is 323. The van der Waals surface area contributed by atoms with Gasteiger partial charge in [-0.1, -0.05) is 6.42 Å². The average molecular weight is 235 g/mol. The molecule has 0 spiro atoms. The van der Waals surface area contributed by atoms with E-state index >= 15 is 0 Å². The summed E-state index contributed by atoms with van der Waals surface area (Å²) in [6.07, 6.45) is 4.15. The zero-order valence-electron chi connectivity index (χ0n) is 10.5. The summed E-state index contributed by atoms with van der Waals surface area (Å²) in [5.74, 6) is 1.45. The van der Waals surface area contributed by atoms with E-state index in [2.05, 4.69) is 11.4 Å². The summed E-state index contributed by atoms with van der Waals surface area (Å²) in [5.41, 5.74) is 0. The van der Waals surface area contributed by atoms with Gasteiger partial charge in [-0.2, -0.15) is 5.26 Å². The van der Waals surface area contributed by atoms with E-state index in [0.717, 1.165) is 6.54 Å². The first-order chi connectivity index (χ1) is 8.27. The number of nitrogens with zero attached hydrogens (tertiary/aromatic N) is 2. The van der Waals surface area contributed by atoms with Crippen LogP contribution in [0.2, 0.25) is 0 Å². The van der Waals surface area contributed by atoms with Gasteiger partial charge in [-0.25, -0.2) is 0 Å². The van der Waals surface area contributed by atoms with Gasteiger partial charge in [0.15, 0.2) is 0 Å². The van der Waals surface area contributed by atoms with Gasteiger partial charge in [-0.15, -0.1) is 0 Å². The number of carbonyl (C=O) groups is 1. The molecule has 1 heterocycles. The van der Waals surface area contributed by atoms with Crippen LogP contribution in [0.1, 0.15) is 32.6 Å². The molecule has 1 saturated carbocycles. The minimum atomic E-state index is 0.0149. The first-order valence-electron chi connectivity index (χ1n) is 6.67. The summed E-state index contributed by atoms with van der Waals surface area (Å²) in [4.78, 5) is 14.2. The summed E-state index contributed by atoms with van der Waals surface area (Å²) in [6.45, 7) is 4.25. The molecule has 4 heteroatoms. The Hall–Kier alpha value is -1.08. The quantitative estimate of drug-likeness (QED) is 0.795. The number of hydrogen-bond acceptors (Lipinski definition) is 3. The van der Waals surface area contributed by atoms with Gasteiger partial charge in [-0.05, 0) is 38.1 Å². The largest absolute Gasteiger partial charge is 0.341 e. The maximum atomic E-state index is 12.4. The maximum Gasteiger partial charge on any atom is 0.240 e. The van der Waals surface area contributed by atoms with Crippen LogP contribution >= 0.6 is 0 Å². The Balaban J connectivity index is 1.96. The van der Waals surface area contributed by atoms with Crippen molar-refractivity contribution in [2.45, 2.75) is 38.6 Å². The van der Waals surface area contributed by atoms with Crippen molar-refractivity contribution in [2.75, 3.05) is 19.6 Å². The third-order valence-corrected chi connectivity index (χ3v) is 4.20. The molecular formula is C13H21N3O. The fourth-order valence-corrected chi connectivity index (χ4v) is 3.26. The fourth-order valence-electron chi connectivity index (χ4n) is 3.26. The third-order valence-electron chi connectivity index (χ3n) is 4.20. The molecule has 0 aromatic carbocycles. The number of hydrogen-bond donors (Lipinski definition) is 1. The molecule has 2 fully saturated rings. The molecule has 0 radical (unpaired) electrons. The molecular weight excluding hydrogens is 214 g/mol. The van der Waals surface area contributed by atoms with Crippen LogP contribution < -0.4 is 5.32 Å². The standard InChI is InChI=1S/C13H21N3O/c1-2-16(8-4-7-14)13(17)12-11-6-3-5-10(11)9-15-12/h10-12,15H,2-6,8-9H2,1H3. The molecule has 3 unspecified atom stereocenters. The van der Waals surface area contributed by atoms with Crippen molar-refractivity contribution >= 4 is 5.91 Å². The summed E-state index contributed by atoms with van der Waals surface area (Å²) in [6, 6.07) is 2.12. The Morgan fingerprint density at radius 2 is 2.35 bits per heavy atom. The number of fused-ring (bicyclic) bond motifs is 1. The van der Waals surface area contributed by atoms with Crippen LogP contribution in [0.15, 0.2) is 0 Å². The molecule has 1 aliphatic heterocycles. The van der Waals surface area contributed by atoms with E-state index in [4.69, 9.17) is 5.26 Å². The van der Waals surface area contributed by atoms with Crippen molar-refractivity contribution in [1.82, 2.24) is 10.2 Å². The molecule has 0 aromatic heterocycles. The molecule has 2 rings (SSSR count). The van der Waals surface area contributed by atoms with Crippen molar-refractivity contribution in [3.8, 4) is 6.07 Å². The molecule has 1 amide bonds. The number of rotatable bonds is 4. The predicted octanol–water partition coefficient (Wildman–Crippen LogP) is 1.14. The molecule has 94 valence electrons. The number of nitriles is 1. The van der Waals surface area contributed by atoms with Crippen LogP contribution in [-0.2, 0) is 4.79 Å². The SMILES string of the molecule is CCN(CCC#N)C(=O)C1NCC2CCCC21. The summed E-state index contributed by atoms with van der Waals surface area (Å²) in [5, 5.41) is 12.0. The highest BCUT2D eigenvalue weighted by atomic mass is 16.2. The first kappa shape index (κ1) is 12.4. The first-order valence-corrected chi connectivity index (χ1v) is 6.67. The van der Waals surface area contributed by atoms with E-state index in [0.29, 0.717) is 31.3 Å². The van der Waals surface area contributed by atoms with Gasteiger partial charge in [0.05, 0.1) is 18.5 Å². The van der Waals surface area contributed by atoms with Crippen LogP contribution in [0.4, 0.5) is 0 Å². The van der Waals surface area contributed by atoms with Crippen LogP contribution in [0.25, 0.3) is 0 Å². The van der Waals surface area contributed by atoms with Gasteiger partial charge in [0.25, 0.3) is 0 Å². The third kappa shape index (κ3) is 2.44. The molecule has 2 aliphatic rings. The molecule has 3 atom stereocenters. The monoisotopic (exact) mass is 235 g/mol.